The summed E-state index contributed by atoms with van der Waals surface area (Å²) in [4.78, 5) is 0.923. The maximum atomic E-state index is 11.0. The fourth-order valence-electron chi connectivity index (χ4n) is 1.28. The van der Waals surface area contributed by atoms with Gasteiger partial charge in [-0.25, -0.2) is 8.42 Å². The predicted octanol–water partition coefficient (Wildman–Crippen LogP) is 2.64. The van der Waals surface area contributed by atoms with Crippen molar-refractivity contribution in [1.29, 1.82) is 0 Å². The molecule has 0 bridgehead atoms. The Kier molecular flexibility index (Phi) is 5.50. The third kappa shape index (κ3) is 5.42. The van der Waals surface area contributed by atoms with Gasteiger partial charge in [0.05, 0.1) is 11.9 Å². The van der Waals surface area contributed by atoms with Crippen molar-refractivity contribution in [2.45, 2.75) is 17.9 Å². The summed E-state index contributed by atoms with van der Waals surface area (Å²) in [5.74, 6) is 0.646. The van der Waals surface area contributed by atoms with Crippen LogP contribution < -0.4 is 0 Å². The molecule has 1 aromatic rings. The average Bonchev–Trinajstić information content (AvgIpc) is 2.18. The zero-order chi connectivity index (χ0) is 13.1. The van der Waals surface area contributed by atoms with Crippen molar-refractivity contribution < 1.29 is 13.5 Å². The van der Waals surface area contributed by atoms with Crippen LogP contribution in [0.5, 0.6) is 0 Å². The quantitative estimate of drug-likeness (QED) is 0.838. The summed E-state index contributed by atoms with van der Waals surface area (Å²) < 4.78 is 23.0. The molecule has 0 saturated carbocycles. The van der Waals surface area contributed by atoms with Crippen molar-refractivity contribution in [2.24, 2.45) is 0 Å². The Morgan fingerprint density at radius 2 is 2.12 bits per heavy atom. The minimum absolute atomic E-state index is 0.146. The van der Waals surface area contributed by atoms with Crippen molar-refractivity contribution in [3.05, 3.63) is 28.2 Å². The summed E-state index contributed by atoms with van der Waals surface area (Å²) in [6.07, 6.45) is 0.665. The van der Waals surface area contributed by atoms with Gasteiger partial charge in [-0.15, -0.1) is 11.8 Å². The van der Waals surface area contributed by atoms with Crippen LogP contribution in [0.25, 0.3) is 0 Å². The monoisotopic (exact) mass is 338 g/mol. The number of hydrogen-bond donors (Lipinski definition) is 1. The number of aliphatic hydroxyl groups excluding tert-OH is 1. The Morgan fingerprint density at radius 3 is 2.65 bits per heavy atom. The maximum Gasteiger partial charge on any atom is 0.148 e. The van der Waals surface area contributed by atoms with Crippen LogP contribution in [0.1, 0.15) is 18.6 Å². The molecular weight excluding hydrogens is 324 g/mol. The first-order valence-corrected chi connectivity index (χ1v) is 8.91. The molecule has 0 aliphatic carbocycles. The summed E-state index contributed by atoms with van der Waals surface area (Å²) in [5.41, 5.74) is 0.817. The summed E-state index contributed by atoms with van der Waals surface area (Å²) in [5, 5.41) is 9.64. The molecule has 0 aliphatic rings. The van der Waals surface area contributed by atoms with Crippen LogP contribution in [0.3, 0.4) is 0 Å². The molecule has 6 heteroatoms. The maximum absolute atomic E-state index is 11.0. The Bertz CT molecular complexity index is 483. The van der Waals surface area contributed by atoms with E-state index in [-0.39, 0.29) is 5.75 Å². The minimum Gasteiger partial charge on any atom is -0.389 e. The van der Waals surface area contributed by atoms with Gasteiger partial charge < -0.3 is 5.11 Å². The first-order valence-electron chi connectivity index (χ1n) is 5.07. The van der Waals surface area contributed by atoms with E-state index in [1.807, 2.05) is 18.2 Å². The molecule has 1 rings (SSSR count). The molecule has 0 radical (unpaired) electrons. The lowest BCUT2D eigenvalue weighted by molar-refractivity contribution is 0.196. The molecule has 1 unspecified atom stereocenters. The lowest BCUT2D eigenvalue weighted by atomic mass is 10.1. The molecule has 3 nitrogen and oxygen atoms in total. The highest BCUT2D eigenvalue weighted by Crippen LogP contribution is 2.30. The Morgan fingerprint density at radius 1 is 1.47 bits per heavy atom. The average molecular weight is 339 g/mol. The molecule has 0 spiro atoms. The number of thioether (sulfide) groups is 1. The summed E-state index contributed by atoms with van der Waals surface area (Å²) in [7, 11) is -2.93. The summed E-state index contributed by atoms with van der Waals surface area (Å²) >= 11 is 4.80. The van der Waals surface area contributed by atoms with Crippen molar-refractivity contribution in [2.75, 3.05) is 17.8 Å². The molecule has 17 heavy (non-hydrogen) atoms. The Hall–Kier alpha value is -0.0400. The third-order valence-corrected chi connectivity index (χ3v) is 4.92. The van der Waals surface area contributed by atoms with Crippen molar-refractivity contribution in [1.82, 2.24) is 0 Å². The lowest BCUT2D eigenvalue weighted by Crippen LogP contribution is -2.05. The number of hydrogen-bond acceptors (Lipinski definition) is 4. The van der Waals surface area contributed by atoms with Gasteiger partial charge in [-0.2, -0.15) is 0 Å². The molecule has 1 atom stereocenters. The molecule has 1 N–H and O–H groups in total. The van der Waals surface area contributed by atoms with Gasteiger partial charge in [0.1, 0.15) is 9.84 Å². The normalized spacial score (nSPS) is 13.6. The zero-order valence-electron chi connectivity index (χ0n) is 9.68. The third-order valence-electron chi connectivity index (χ3n) is 2.13. The largest absolute Gasteiger partial charge is 0.389 e. The van der Waals surface area contributed by atoms with Crippen LogP contribution in [0.15, 0.2) is 27.6 Å². The zero-order valence-corrected chi connectivity index (χ0v) is 12.9. The molecular formula is C11H15BrO3S2. The van der Waals surface area contributed by atoms with Crippen LogP contribution in [-0.4, -0.2) is 31.3 Å². The highest BCUT2D eigenvalue weighted by Gasteiger charge is 2.10. The summed E-state index contributed by atoms with van der Waals surface area (Å²) in [6.45, 7) is 1.70. The van der Waals surface area contributed by atoms with Crippen LogP contribution >= 0.6 is 27.7 Å². The van der Waals surface area contributed by atoms with Crippen LogP contribution in [-0.2, 0) is 9.84 Å². The van der Waals surface area contributed by atoms with E-state index < -0.39 is 15.9 Å². The van der Waals surface area contributed by atoms with E-state index in [0.29, 0.717) is 5.75 Å². The molecule has 0 heterocycles. The first-order chi connectivity index (χ1) is 7.79. The van der Waals surface area contributed by atoms with E-state index >= 15 is 0 Å². The van der Waals surface area contributed by atoms with E-state index in [9.17, 15) is 13.5 Å². The molecule has 0 saturated heterocycles. The van der Waals surface area contributed by atoms with Gasteiger partial charge in [-0.05, 0) is 30.7 Å². The predicted molar refractivity (Wildman–Crippen MR) is 75.2 cm³/mol. The van der Waals surface area contributed by atoms with Gasteiger partial charge in [0.25, 0.3) is 0 Å². The van der Waals surface area contributed by atoms with Gasteiger partial charge >= 0.3 is 0 Å². The van der Waals surface area contributed by atoms with E-state index in [4.69, 9.17) is 0 Å². The fraction of sp³-hybridized carbons (Fsp3) is 0.455. The smallest absolute Gasteiger partial charge is 0.148 e. The van der Waals surface area contributed by atoms with Gasteiger partial charge in [0.15, 0.2) is 0 Å². The lowest BCUT2D eigenvalue weighted by Gasteiger charge is -2.11. The van der Waals surface area contributed by atoms with Crippen molar-refractivity contribution in [3.8, 4) is 0 Å². The topological polar surface area (TPSA) is 54.4 Å². The SMILES string of the molecule is CC(O)c1cc(Br)ccc1SCCS(C)(=O)=O. The molecule has 0 aromatic heterocycles. The molecule has 96 valence electrons. The standard InChI is InChI=1S/C11H15BrO3S2/c1-8(13)10-7-9(12)3-4-11(10)16-5-6-17(2,14)15/h3-4,7-8,13H,5-6H2,1-2H3. The van der Waals surface area contributed by atoms with E-state index in [1.165, 1.54) is 18.0 Å². The van der Waals surface area contributed by atoms with E-state index in [2.05, 4.69) is 15.9 Å². The van der Waals surface area contributed by atoms with Crippen LogP contribution in [0.2, 0.25) is 0 Å². The van der Waals surface area contributed by atoms with Crippen LogP contribution in [0.4, 0.5) is 0 Å². The van der Waals surface area contributed by atoms with E-state index in [1.54, 1.807) is 6.92 Å². The highest BCUT2D eigenvalue weighted by molar-refractivity contribution is 9.10. The number of aliphatic hydroxyl groups is 1. The minimum atomic E-state index is -2.93. The van der Waals surface area contributed by atoms with Gasteiger partial charge in [-0.1, -0.05) is 15.9 Å². The van der Waals surface area contributed by atoms with Gasteiger partial charge in [0.2, 0.25) is 0 Å². The highest BCUT2D eigenvalue weighted by atomic mass is 79.9. The van der Waals surface area contributed by atoms with Gasteiger partial charge in [-0.3, -0.25) is 0 Å². The van der Waals surface area contributed by atoms with Gasteiger partial charge in [0, 0.05) is 21.4 Å². The number of halogens is 1. The van der Waals surface area contributed by atoms with E-state index in [0.717, 1.165) is 14.9 Å². The second-order valence-corrected chi connectivity index (χ2v) is 8.15. The number of sulfone groups is 1. The second kappa shape index (κ2) is 6.22. The Labute approximate surface area is 115 Å². The number of rotatable bonds is 5. The fourth-order valence-corrected chi connectivity index (χ4v) is 3.98. The molecule has 1 aromatic carbocycles. The number of benzene rings is 1. The van der Waals surface area contributed by atoms with Crippen LogP contribution in [0, 0.1) is 0 Å². The first kappa shape index (κ1) is 15.0. The Balaban J connectivity index is 2.77. The molecule has 0 aliphatic heterocycles. The second-order valence-electron chi connectivity index (χ2n) is 3.84. The summed E-state index contributed by atoms with van der Waals surface area (Å²) in [6, 6.07) is 5.63. The van der Waals surface area contributed by atoms with Crippen molar-refractivity contribution >= 4 is 37.5 Å². The van der Waals surface area contributed by atoms with Crippen molar-refractivity contribution in [3.63, 3.8) is 0 Å². The molecule has 0 fully saturated rings. The molecule has 0 amide bonds.